The largest absolute Gasteiger partial charge is 0.631 e. The number of nitrogens with zero attached hydrogens (tertiary/aromatic N) is 1. The molecule has 6 nitrogen and oxygen atoms in total. The zero-order valence-corrected chi connectivity index (χ0v) is 14.2. The minimum absolute atomic E-state index is 0.619. The average molecular weight is 331 g/mol. The second kappa shape index (κ2) is 7.64. The summed E-state index contributed by atoms with van der Waals surface area (Å²) in [5.41, 5.74) is -1.11. The van der Waals surface area contributed by atoms with E-state index in [1.165, 1.54) is 0 Å². The van der Waals surface area contributed by atoms with Gasteiger partial charge in [0.1, 0.15) is 11.4 Å². The third-order valence-electron chi connectivity index (χ3n) is 3.84. The van der Waals surface area contributed by atoms with E-state index in [1.54, 1.807) is 26.0 Å². The van der Waals surface area contributed by atoms with Crippen LogP contribution in [0.2, 0.25) is 0 Å². The molecule has 0 radical (unpaired) electrons. The molecule has 0 aliphatic rings. The van der Waals surface area contributed by atoms with Gasteiger partial charge < -0.3 is 24.9 Å². The Morgan fingerprint density at radius 3 is 1.92 bits per heavy atom. The zero-order chi connectivity index (χ0) is 18.5. The van der Waals surface area contributed by atoms with Gasteiger partial charge in [-0.25, -0.2) is 0 Å². The molecule has 0 amide bonds. The Bertz CT molecular complexity index is 729. The van der Waals surface area contributed by atoms with Crippen LogP contribution in [0.1, 0.15) is 33.3 Å². The summed E-state index contributed by atoms with van der Waals surface area (Å²) < 4.78 is 6.02. The van der Waals surface area contributed by atoms with E-state index in [0.29, 0.717) is 11.3 Å². The molecular formula is C17H22BNO5. The van der Waals surface area contributed by atoms with Crippen LogP contribution in [-0.4, -0.2) is 38.7 Å². The Morgan fingerprint density at radius 1 is 0.958 bits per heavy atom. The van der Waals surface area contributed by atoms with Crippen LogP contribution in [0, 0.1) is 11.3 Å². The van der Waals surface area contributed by atoms with E-state index in [4.69, 9.17) is 25.1 Å². The molecule has 2 rings (SSSR count). The first-order valence-electron chi connectivity index (χ1n) is 7.37. The molecule has 0 bridgehead atoms. The highest BCUT2D eigenvalue weighted by molar-refractivity contribution is 6.30. The van der Waals surface area contributed by atoms with Gasteiger partial charge in [0.05, 0.1) is 17.2 Å². The number of rotatable bonds is 3. The van der Waals surface area contributed by atoms with E-state index in [2.05, 4.69) is 6.07 Å². The minimum atomic E-state index is -2.17. The van der Waals surface area contributed by atoms with Crippen molar-refractivity contribution >= 4 is 18.1 Å². The first-order valence-corrected chi connectivity index (χ1v) is 7.37. The van der Waals surface area contributed by atoms with Gasteiger partial charge in [0.15, 0.2) is 0 Å². The Labute approximate surface area is 141 Å². The Balaban J connectivity index is 0.000000648. The molecule has 0 unspecified atom stereocenters. The third kappa shape index (κ3) is 4.95. The smallest absolute Gasteiger partial charge is 0.484 e. The summed E-state index contributed by atoms with van der Waals surface area (Å²) in [4.78, 5) is 0. The van der Waals surface area contributed by atoms with Gasteiger partial charge in [0.2, 0.25) is 0 Å². The first kappa shape index (κ1) is 19.9. The van der Waals surface area contributed by atoms with E-state index in [1.807, 2.05) is 38.1 Å². The Hall–Kier alpha value is -2.11. The van der Waals surface area contributed by atoms with Crippen LogP contribution in [0.5, 0.6) is 5.75 Å². The van der Waals surface area contributed by atoms with Crippen molar-refractivity contribution in [1.82, 2.24) is 0 Å². The lowest BCUT2D eigenvalue weighted by Crippen LogP contribution is -2.49. The van der Waals surface area contributed by atoms with Crippen LogP contribution in [0.15, 0.2) is 36.4 Å². The topological polar surface area (TPSA) is 114 Å². The average Bonchev–Trinajstić information content (AvgIpc) is 2.45. The predicted molar refractivity (Wildman–Crippen MR) is 92.1 cm³/mol. The molecule has 7 heteroatoms. The summed E-state index contributed by atoms with van der Waals surface area (Å²) in [6, 6.07) is 13.3. The first-order chi connectivity index (χ1) is 11.0. The summed E-state index contributed by atoms with van der Waals surface area (Å²) >= 11 is 0. The Kier molecular flexibility index (Phi) is 6.35. The summed E-state index contributed by atoms with van der Waals surface area (Å²) in [7, 11) is -2.17. The van der Waals surface area contributed by atoms with Gasteiger partial charge in [0, 0.05) is 10.8 Å². The molecule has 0 saturated carbocycles. The van der Waals surface area contributed by atoms with Crippen molar-refractivity contribution in [2.24, 2.45) is 0 Å². The van der Waals surface area contributed by atoms with Gasteiger partial charge in [-0.2, -0.15) is 5.26 Å². The quantitative estimate of drug-likeness (QED) is 0.635. The number of hydrogen-bond donors (Lipinski definition) is 4. The van der Waals surface area contributed by atoms with Crippen molar-refractivity contribution in [3.63, 3.8) is 0 Å². The maximum absolute atomic E-state index is 10.2. The molecule has 0 saturated heterocycles. The number of hydrogen-bond acceptors (Lipinski definition) is 6. The second-order valence-corrected chi connectivity index (χ2v) is 6.29. The summed E-state index contributed by atoms with van der Waals surface area (Å²) in [5.74, 6) is 0.673. The fourth-order valence-corrected chi connectivity index (χ4v) is 1.86. The number of benzene rings is 2. The maximum Gasteiger partial charge on any atom is 0.631 e. The van der Waals surface area contributed by atoms with Crippen LogP contribution in [0.4, 0.5) is 0 Å². The fraction of sp³-hybridized carbons (Fsp3) is 0.353. The van der Waals surface area contributed by atoms with Crippen molar-refractivity contribution in [3.05, 3.63) is 42.0 Å². The van der Waals surface area contributed by atoms with Crippen LogP contribution < -0.4 is 4.74 Å². The number of nitriles is 1. The van der Waals surface area contributed by atoms with Crippen molar-refractivity contribution in [1.29, 1.82) is 5.26 Å². The SMILES string of the molecule is CC(C)(O)C(C)(C)Oc1ccc(C#N)c2ccccc12.OB(O)O. The number of fused-ring (bicyclic) bond motifs is 1. The van der Waals surface area contributed by atoms with Crippen LogP contribution in [-0.2, 0) is 0 Å². The van der Waals surface area contributed by atoms with Gasteiger partial charge in [-0.3, -0.25) is 0 Å². The Morgan fingerprint density at radius 2 is 1.46 bits per heavy atom. The summed E-state index contributed by atoms with van der Waals surface area (Å²) in [5, 5.41) is 42.6. The standard InChI is InChI=1S/C17H19NO2.BH3O3/c1-16(2,19)17(3,4)20-15-10-9-12(11-18)13-7-5-6-8-14(13)15;2-1(3)4/h5-10,19H,1-4H3;2-4H. The summed E-state index contributed by atoms with van der Waals surface area (Å²) in [6.45, 7) is 7.14. The lowest BCUT2D eigenvalue weighted by molar-refractivity contribution is -0.0899. The van der Waals surface area contributed by atoms with Crippen molar-refractivity contribution in [2.45, 2.75) is 38.9 Å². The van der Waals surface area contributed by atoms with Gasteiger partial charge >= 0.3 is 7.32 Å². The molecule has 0 aromatic heterocycles. The lowest BCUT2D eigenvalue weighted by Gasteiger charge is -2.37. The van der Waals surface area contributed by atoms with Crippen LogP contribution >= 0.6 is 0 Å². The molecule has 0 aliphatic heterocycles. The molecule has 2 aromatic rings. The molecule has 24 heavy (non-hydrogen) atoms. The lowest BCUT2D eigenvalue weighted by atomic mass is 9.89. The fourth-order valence-electron chi connectivity index (χ4n) is 1.86. The highest BCUT2D eigenvalue weighted by atomic mass is 16.5. The van der Waals surface area contributed by atoms with Crippen LogP contribution in [0.25, 0.3) is 10.8 Å². The van der Waals surface area contributed by atoms with Crippen LogP contribution in [0.3, 0.4) is 0 Å². The molecule has 128 valence electrons. The zero-order valence-electron chi connectivity index (χ0n) is 14.2. The molecule has 0 heterocycles. The monoisotopic (exact) mass is 331 g/mol. The molecule has 0 atom stereocenters. The molecule has 2 aromatic carbocycles. The van der Waals surface area contributed by atoms with E-state index in [0.717, 1.165) is 10.8 Å². The van der Waals surface area contributed by atoms with E-state index in [-0.39, 0.29) is 0 Å². The number of aliphatic hydroxyl groups is 1. The van der Waals surface area contributed by atoms with Crippen molar-refractivity contribution in [3.8, 4) is 11.8 Å². The molecule has 0 aliphatic carbocycles. The van der Waals surface area contributed by atoms with E-state index < -0.39 is 18.5 Å². The highest BCUT2D eigenvalue weighted by Crippen LogP contribution is 2.34. The maximum atomic E-state index is 10.2. The second-order valence-electron chi connectivity index (χ2n) is 6.29. The normalized spacial score (nSPS) is 11.3. The van der Waals surface area contributed by atoms with Crippen molar-refractivity contribution in [2.75, 3.05) is 0 Å². The van der Waals surface area contributed by atoms with E-state index >= 15 is 0 Å². The number of ether oxygens (including phenoxy) is 1. The van der Waals surface area contributed by atoms with Gasteiger partial charge in [-0.1, -0.05) is 24.3 Å². The third-order valence-corrected chi connectivity index (χ3v) is 3.84. The van der Waals surface area contributed by atoms with Crippen molar-refractivity contribution < 1.29 is 24.9 Å². The molecule has 4 N–H and O–H groups in total. The minimum Gasteiger partial charge on any atom is -0.484 e. The van der Waals surface area contributed by atoms with Gasteiger partial charge in [-0.15, -0.1) is 0 Å². The van der Waals surface area contributed by atoms with Gasteiger partial charge in [-0.05, 0) is 39.8 Å². The highest BCUT2D eigenvalue weighted by Gasteiger charge is 2.37. The molecular weight excluding hydrogens is 309 g/mol. The molecule has 0 fully saturated rings. The van der Waals surface area contributed by atoms with Gasteiger partial charge in [0.25, 0.3) is 0 Å². The van der Waals surface area contributed by atoms with E-state index in [9.17, 15) is 5.11 Å². The molecule has 0 spiro atoms. The summed E-state index contributed by atoms with van der Waals surface area (Å²) in [6.07, 6.45) is 0. The predicted octanol–water partition coefficient (Wildman–Crippen LogP) is 1.59.